The van der Waals surface area contributed by atoms with Gasteiger partial charge in [-0.1, -0.05) is 35.3 Å². The summed E-state index contributed by atoms with van der Waals surface area (Å²) < 4.78 is 75.0. The summed E-state index contributed by atoms with van der Waals surface area (Å²) in [6.07, 6.45) is -2.12. The fourth-order valence-electron chi connectivity index (χ4n) is 4.65. The molecule has 0 bridgehead atoms. The number of carbonyl (C=O) groups is 1. The number of nitrogens with one attached hydrogen (secondary N) is 1. The van der Waals surface area contributed by atoms with E-state index in [1.165, 1.54) is 17.0 Å². The Kier molecular flexibility index (Phi) is 8.85. The molecule has 208 valence electrons. The first kappa shape index (κ1) is 28.6. The Balaban J connectivity index is 1.26. The number of hydrogen-bond acceptors (Lipinski definition) is 6. The van der Waals surface area contributed by atoms with Gasteiger partial charge < -0.3 is 14.4 Å². The van der Waals surface area contributed by atoms with E-state index in [-0.39, 0.29) is 12.1 Å². The fraction of sp³-hybridized carbons (Fsp3) is 0.458. The van der Waals surface area contributed by atoms with Gasteiger partial charge in [0.25, 0.3) is 10.0 Å². The summed E-state index contributed by atoms with van der Waals surface area (Å²) in [7, 11) is -4.59. The van der Waals surface area contributed by atoms with E-state index in [9.17, 15) is 26.4 Å². The smallest absolute Gasteiger partial charge is 0.490 e. The molecule has 14 heteroatoms. The van der Waals surface area contributed by atoms with Crippen molar-refractivity contribution in [2.24, 2.45) is 0 Å². The SMILES string of the molecule is O=C(NS(=O)(=O)c1ccccc1OC(F)(F)F)N1CCC(N2CCC(Oc3ccc(Cl)c(Cl)c3)CC2)CC1. The number of piperidine rings is 2. The lowest BCUT2D eigenvalue weighted by atomic mass is 9.99. The third-order valence-electron chi connectivity index (χ3n) is 6.52. The zero-order valence-electron chi connectivity index (χ0n) is 20.1. The minimum Gasteiger partial charge on any atom is -0.490 e. The molecule has 2 aliphatic heterocycles. The molecule has 0 radical (unpaired) electrons. The van der Waals surface area contributed by atoms with Gasteiger partial charge in [0.2, 0.25) is 0 Å². The Hall–Kier alpha value is -2.41. The highest BCUT2D eigenvalue weighted by atomic mass is 35.5. The highest BCUT2D eigenvalue weighted by molar-refractivity contribution is 7.90. The number of urea groups is 1. The van der Waals surface area contributed by atoms with Gasteiger partial charge in [0, 0.05) is 38.3 Å². The van der Waals surface area contributed by atoms with Crippen LogP contribution in [0.25, 0.3) is 0 Å². The molecule has 0 saturated carbocycles. The Morgan fingerprint density at radius 2 is 1.61 bits per heavy atom. The van der Waals surface area contributed by atoms with E-state index in [2.05, 4.69) is 9.64 Å². The van der Waals surface area contributed by atoms with E-state index in [1.54, 1.807) is 18.2 Å². The lowest BCUT2D eigenvalue weighted by molar-refractivity contribution is -0.275. The Morgan fingerprint density at radius 1 is 0.947 bits per heavy atom. The van der Waals surface area contributed by atoms with Gasteiger partial charge in [-0.2, -0.15) is 0 Å². The summed E-state index contributed by atoms with van der Waals surface area (Å²) in [6, 6.07) is 8.76. The average Bonchev–Trinajstić information content (AvgIpc) is 2.86. The highest BCUT2D eigenvalue weighted by Crippen LogP contribution is 2.31. The molecule has 38 heavy (non-hydrogen) atoms. The molecule has 2 aromatic carbocycles. The number of halogens is 5. The summed E-state index contributed by atoms with van der Waals surface area (Å²) in [4.78, 5) is 15.6. The molecule has 2 heterocycles. The summed E-state index contributed by atoms with van der Waals surface area (Å²) in [5.41, 5.74) is 0. The molecular formula is C24H26Cl2F3N3O5S. The van der Waals surface area contributed by atoms with Crippen LogP contribution in [0.5, 0.6) is 11.5 Å². The van der Waals surface area contributed by atoms with Crippen molar-refractivity contribution < 1.29 is 35.9 Å². The molecule has 0 spiro atoms. The zero-order valence-corrected chi connectivity index (χ0v) is 22.4. The number of rotatable bonds is 6. The van der Waals surface area contributed by atoms with Crippen molar-refractivity contribution in [1.29, 1.82) is 0 Å². The first-order valence-corrected chi connectivity index (χ1v) is 14.2. The highest BCUT2D eigenvalue weighted by Gasteiger charge is 2.35. The van der Waals surface area contributed by atoms with Crippen LogP contribution in [-0.2, 0) is 10.0 Å². The molecule has 0 aromatic heterocycles. The van der Waals surface area contributed by atoms with Gasteiger partial charge in [0.1, 0.15) is 22.5 Å². The molecule has 2 amide bonds. The maximum absolute atomic E-state index is 12.7. The second kappa shape index (κ2) is 11.8. The predicted molar refractivity (Wildman–Crippen MR) is 135 cm³/mol. The van der Waals surface area contributed by atoms with Gasteiger partial charge in [-0.3, -0.25) is 4.90 Å². The lowest BCUT2D eigenvalue weighted by Crippen LogP contribution is -2.52. The fourth-order valence-corrected chi connectivity index (χ4v) is 6.04. The lowest BCUT2D eigenvalue weighted by Gasteiger charge is -2.41. The maximum atomic E-state index is 12.7. The van der Waals surface area contributed by atoms with Crippen LogP contribution in [0.2, 0.25) is 10.0 Å². The van der Waals surface area contributed by atoms with Gasteiger partial charge in [-0.15, -0.1) is 13.2 Å². The quantitative estimate of drug-likeness (QED) is 0.488. The van der Waals surface area contributed by atoms with Gasteiger partial charge in [-0.05, 0) is 49.9 Å². The van der Waals surface area contributed by atoms with Crippen molar-refractivity contribution in [1.82, 2.24) is 14.5 Å². The van der Waals surface area contributed by atoms with Crippen LogP contribution in [0.3, 0.4) is 0 Å². The Labute approximate surface area is 228 Å². The van der Waals surface area contributed by atoms with Crippen molar-refractivity contribution in [3.05, 3.63) is 52.5 Å². The van der Waals surface area contributed by atoms with E-state index in [4.69, 9.17) is 27.9 Å². The number of benzene rings is 2. The second-order valence-corrected chi connectivity index (χ2v) is 11.5. The van der Waals surface area contributed by atoms with Crippen molar-refractivity contribution >= 4 is 39.3 Å². The molecule has 2 aromatic rings. The molecule has 0 atom stereocenters. The van der Waals surface area contributed by atoms with Gasteiger partial charge in [0.15, 0.2) is 0 Å². The Bertz CT molecular complexity index is 1250. The molecule has 1 N–H and O–H groups in total. The van der Waals surface area contributed by atoms with E-state index in [0.29, 0.717) is 41.7 Å². The first-order chi connectivity index (χ1) is 17.9. The van der Waals surface area contributed by atoms with Gasteiger partial charge in [-0.25, -0.2) is 17.9 Å². The number of para-hydroxylation sites is 1. The number of sulfonamides is 1. The number of carbonyl (C=O) groups excluding carboxylic acids is 1. The van der Waals surface area contributed by atoms with Crippen molar-refractivity contribution in [3.8, 4) is 11.5 Å². The average molecular weight is 596 g/mol. The van der Waals surface area contributed by atoms with Crippen molar-refractivity contribution in [2.75, 3.05) is 26.2 Å². The number of hydrogen-bond donors (Lipinski definition) is 1. The van der Waals surface area contributed by atoms with Crippen LogP contribution >= 0.6 is 23.2 Å². The normalized spacial score (nSPS) is 18.3. The summed E-state index contributed by atoms with van der Waals surface area (Å²) in [5, 5.41) is 0.899. The van der Waals surface area contributed by atoms with Crippen molar-refractivity contribution in [2.45, 2.75) is 49.1 Å². The zero-order chi connectivity index (χ0) is 27.5. The van der Waals surface area contributed by atoms with Crippen LogP contribution in [0.1, 0.15) is 25.7 Å². The molecule has 0 aliphatic carbocycles. The third-order valence-corrected chi connectivity index (χ3v) is 8.62. The van der Waals surface area contributed by atoms with E-state index < -0.39 is 33.1 Å². The monoisotopic (exact) mass is 595 g/mol. The molecule has 2 saturated heterocycles. The number of nitrogens with zero attached hydrogens (tertiary/aromatic N) is 2. The summed E-state index contributed by atoms with van der Waals surface area (Å²) >= 11 is 12.0. The second-order valence-electron chi connectivity index (χ2n) is 9.05. The van der Waals surface area contributed by atoms with Crippen LogP contribution < -0.4 is 14.2 Å². The molecule has 2 fully saturated rings. The number of alkyl halides is 3. The predicted octanol–water partition coefficient (Wildman–Crippen LogP) is 5.30. The van der Waals surface area contributed by atoms with E-state index >= 15 is 0 Å². The topological polar surface area (TPSA) is 88.2 Å². The molecule has 4 rings (SSSR count). The number of amides is 2. The molecule has 8 nitrogen and oxygen atoms in total. The summed E-state index contributed by atoms with van der Waals surface area (Å²) in [6.45, 7) is 2.25. The van der Waals surface area contributed by atoms with Crippen LogP contribution in [0.15, 0.2) is 47.4 Å². The maximum Gasteiger partial charge on any atom is 0.573 e. The van der Waals surface area contributed by atoms with Crippen LogP contribution in [-0.4, -0.2) is 68.9 Å². The first-order valence-electron chi connectivity index (χ1n) is 11.9. The van der Waals surface area contributed by atoms with Crippen LogP contribution in [0.4, 0.5) is 18.0 Å². The van der Waals surface area contributed by atoms with Crippen molar-refractivity contribution in [3.63, 3.8) is 0 Å². The number of likely N-dealkylation sites (tertiary alicyclic amines) is 2. The third kappa shape index (κ3) is 7.37. The van der Waals surface area contributed by atoms with E-state index in [1.807, 2.05) is 4.72 Å². The number of ether oxygens (including phenoxy) is 2. The van der Waals surface area contributed by atoms with E-state index in [0.717, 1.165) is 38.1 Å². The van der Waals surface area contributed by atoms with Gasteiger partial charge >= 0.3 is 12.4 Å². The minimum absolute atomic E-state index is 0.0452. The Morgan fingerprint density at radius 3 is 2.24 bits per heavy atom. The largest absolute Gasteiger partial charge is 0.573 e. The van der Waals surface area contributed by atoms with Crippen LogP contribution in [0, 0.1) is 0 Å². The standard InChI is InChI=1S/C24H26Cl2F3N3O5S/c25-19-6-5-18(15-20(19)26)36-17-9-13-31(14-10-17)16-7-11-32(12-8-16)23(33)30-38(34,35)22-4-2-1-3-21(22)37-24(27,28)29/h1-6,15-17H,7-14H2,(H,30,33). The molecular weight excluding hydrogens is 570 g/mol. The molecule has 2 aliphatic rings. The minimum atomic E-state index is -5.08. The summed E-state index contributed by atoms with van der Waals surface area (Å²) in [5.74, 6) is -0.245. The van der Waals surface area contributed by atoms with Gasteiger partial charge in [0.05, 0.1) is 10.0 Å². The molecule has 0 unspecified atom stereocenters.